The molecule has 0 spiro atoms. The predicted molar refractivity (Wildman–Crippen MR) is 101 cm³/mol. The third-order valence-electron chi connectivity index (χ3n) is 4.30. The second-order valence-corrected chi connectivity index (χ2v) is 5.88. The smallest absolute Gasteiger partial charge is 0.161 e. The number of benzene rings is 1. The quantitative estimate of drug-likeness (QED) is 0.814. The van der Waals surface area contributed by atoms with Crippen molar-refractivity contribution in [3.05, 3.63) is 42.5 Å². The lowest BCUT2D eigenvalue weighted by atomic mass is 10.2. The Morgan fingerprint density at radius 1 is 1.24 bits per heavy atom. The number of rotatable bonds is 7. The number of imidazole rings is 1. The van der Waals surface area contributed by atoms with Gasteiger partial charge in [0.1, 0.15) is 12.4 Å². The average molecular weight is 367 g/mol. The van der Waals surface area contributed by atoms with Gasteiger partial charge in [0.05, 0.1) is 12.6 Å². The highest BCUT2D eigenvalue weighted by atomic mass is 35.5. The van der Waals surface area contributed by atoms with E-state index in [-0.39, 0.29) is 18.4 Å². The molecule has 1 saturated heterocycles. The van der Waals surface area contributed by atoms with Gasteiger partial charge in [0.2, 0.25) is 0 Å². The molecule has 1 fully saturated rings. The Morgan fingerprint density at radius 3 is 2.68 bits per heavy atom. The van der Waals surface area contributed by atoms with E-state index in [0.29, 0.717) is 13.2 Å². The first-order valence-corrected chi connectivity index (χ1v) is 8.56. The van der Waals surface area contributed by atoms with Crippen LogP contribution in [0.25, 0.3) is 0 Å². The van der Waals surface area contributed by atoms with Gasteiger partial charge in [0.15, 0.2) is 11.5 Å². The van der Waals surface area contributed by atoms with Crippen LogP contribution in [0.3, 0.4) is 0 Å². The first kappa shape index (κ1) is 19.6. The number of nitrogens with zero attached hydrogens (tertiary/aromatic N) is 3. The lowest BCUT2D eigenvalue weighted by molar-refractivity contribution is 0.125. The molecule has 1 aliphatic heterocycles. The third kappa shape index (κ3) is 4.87. The fourth-order valence-electron chi connectivity index (χ4n) is 3.08. The Morgan fingerprint density at radius 2 is 2.00 bits per heavy atom. The zero-order valence-corrected chi connectivity index (χ0v) is 15.7. The molecule has 0 bridgehead atoms. The maximum absolute atomic E-state index is 5.97. The molecule has 138 valence electrons. The van der Waals surface area contributed by atoms with Crippen molar-refractivity contribution >= 4 is 12.4 Å². The molecule has 7 heteroatoms. The Labute approximate surface area is 155 Å². The van der Waals surface area contributed by atoms with Crippen molar-refractivity contribution in [2.75, 3.05) is 39.4 Å². The highest BCUT2D eigenvalue weighted by Crippen LogP contribution is 2.26. The molecular weight excluding hydrogens is 340 g/mol. The fraction of sp³-hybridized carbons (Fsp3) is 0.500. The highest BCUT2D eigenvalue weighted by Gasteiger charge is 2.26. The molecule has 1 aliphatic rings. The molecule has 0 saturated carbocycles. The van der Waals surface area contributed by atoms with E-state index in [1.54, 1.807) is 0 Å². The summed E-state index contributed by atoms with van der Waals surface area (Å²) in [4.78, 5) is 6.95. The molecule has 0 amide bonds. The topological polar surface area (TPSA) is 51.6 Å². The van der Waals surface area contributed by atoms with Gasteiger partial charge in [-0.25, -0.2) is 4.98 Å². The second kappa shape index (κ2) is 9.65. The zero-order valence-electron chi connectivity index (χ0n) is 14.9. The number of para-hydroxylation sites is 2. The molecule has 2 aromatic rings. The number of nitrogens with one attached hydrogen (secondary N) is 1. The fourth-order valence-corrected chi connectivity index (χ4v) is 3.08. The Balaban J connectivity index is 0.00000225. The lowest BCUT2D eigenvalue weighted by Crippen LogP contribution is -2.48. The monoisotopic (exact) mass is 366 g/mol. The summed E-state index contributed by atoms with van der Waals surface area (Å²) >= 11 is 0. The summed E-state index contributed by atoms with van der Waals surface area (Å²) in [6, 6.07) is 8.12. The molecule has 0 aliphatic carbocycles. The maximum Gasteiger partial charge on any atom is 0.161 e. The van der Waals surface area contributed by atoms with Crippen LogP contribution in [0.1, 0.15) is 18.8 Å². The van der Waals surface area contributed by atoms with E-state index in [2.05, 4.69) is 19.8 Å². The molecule has 2 heterocycles. The van der Waals surface area contributed by atoms with Gasteiger partial charge in [-0.2, -0.15) is 0 Å². The molecule has 1 unspecified atom stereocenters. The van der Waals surface area contributed by atoms with Gasteiger partial charge in [0.25, 0.3) is 0 Å². The molecule has 25 heavy (non-hydrogen) atoms. The summed E-state index contributed by atoms with van der Waals surface area (Å²) < 4.78 is 13.7. The van der Waals surface area contributed by atoms with Crippen molar-refractivity contribution < 1.29 is 9.47 Å². The summed E-state index contributed by atoms with van der Waals surface area (Å²) in [6.45, 7) is 7.02. The van der Waals surface area contributed by atoms with Crippen molar-refractivity contribution in [3.8, 4) is 11.5 Å². The van der Waals surface area contributed by atoms with Gasteiger partial charge in [-0.05, 0) is 19.1 Å². The van der Waals surface area contributed by atoms with Gasteiger partial charge in [-0.3, -0.25) is 4.90 Å². The van der Waals surface area contributed by atoms with Crippen LogP contribution in [0.15, 0.2) is 36.7 Å². The minimum Gasteiger partial charge on any atom is -0.490 e. The minimum absolute atomic E-state index is 0. The number of aryl methyl sites for hydroxylation is 1. The number of halogens is 1. The van der Waals surface area contributed by atoms with E-state index >= 15 is 0 Å². The third-order valence-corrected chi connectivity index (χ3v) is 4.30. The van der Waals surface area contributed by atoms with Crippen LogP contribution >= 0.6 is 12.4 Å². The number of piperazine rings is 1. The minimum atomic E-state index is 0. The molecule has 1 aromatic heterocycles. The summed E-state index contributed by atoms with van der Waals surface area (Å²) in [7, 11) is 2.05. The Hall–Kier alpha value is -1.76. The zero-order chi connectivity index (χ0) is 16.8. The van der Waals surface area contributed by atoms with Crippen LogP contribution < -0.4 is 14.8 Å². The Kier molecular flexibility index (Phi) is 7.55. The van der Waals surface area contributed by atoms with Crippen molar-refractivity contribution in [2.24, 2.45) is 7.05 Å². The van der Waals surface area contributed by atoms with Crippen molar-refractivity contribution in [1.29, 1.82) is 0 Å². The largest absolute Gasteiger partial charge is 0.490 e. The van der Waals surface area contributed by atoms with Gasteiger partial charge < -0.3 is 19.4 Å². The standard InChI is InChI=1S/C18H26N4O2.ClH/c1-3-23-16-6-4-5-7-17(16)24-13-12-22-11-8-19-14-15(22)18-20-9-10-21(18)2;/h4-7,9-10,15,19H,3,8,11-14H2,1-2H3;1H. The van der Waals surface area contributed by atoms with E-state index < -0.39 is 0 Å². The molecule has 3 rings (SSSR count). The van der Waals surface area contributed by atoms with Crippen LogP contribution in [0.2, 0.25) is 0 Å². The van der Waals surface area contributed by atoms with Crippen LogP contribution in [0.4, 0.5) is 0 Å². The SMILES string of the molecule is CCOc1ccccc1OCCN1CCNCC1c1nccn1C.Cl. The highest BCUT2D eigenvalue weighted by molar-refractivity contribution is 5.85. The lowest BCUT2D eigenvalue weighted by Gasteiger charge is -2.35. The first-order valence-electron chi connectivity index (χ1n) is 8.56. The Bertz CT molecular complexity index is 650. The summed E-state index contributed by atoms with van der Waals surface area (Å²) in [5.41, 5.74) is 0. The van der Waals surface area contributed by atoms with E-state index in [9.17, 15) is 0 Å². The van der Waals surface area contributed by atoms with Gasteiger partial charge in [0, 0.05) is 45.6 Å². The molecule has 6 nitrogen and oxygen atoms in total. The molecule has 1 atom stereocenters. The van der Waals surface area contributed by atoms with Crippen LogP contribution in [-0.2, 0) is 7.05 Å². The molecule has 1 N–H and O–H groups in total. The van der Waals surface area contributed by atoms with Crippen molar-refractivity contribution in [3.63, 3.8) is 0 Å². The van der Waals surface area contributed by atoms with E-state index in [0.717, 1.165) is 43.5 Å². The second-order valence-electron chi connectivity index (χ2n) is 5.88. The predicted octanol–water partition coefficient (Wildman–Crippen LogP) is 2.27. The van der Waals surface area contributed by atoms with Crippen molar-refractivity contribution in [2.45, 2.75) is 13.0 Å². The van der Waals surface area contributed by atoms with Crippen LogP contribution in [-0.4, -0.2) is 53.8 Å². The molecular formula is C18H27ClN4O2. The van der Waals surface area contributed by atoms with Gasteiger partial charge >= 0.3 is 0 Å². The summed E-state index contributed by atoms with van der Waals surface area (Å²) in [5.74, 6) is 2.71. The first-order chi connectivity index (χ1) is 11.8. The van der Waals surface area contributed by atoms with Gasteiger partial charge in [-0.15, -0.1) is 12.4 Å². The number of ether oxygens (including phenoxy) is 2. The molecule has 0 radical (unpaired) electrons. The van der Waals surface area contributed by atoms with E-state index in [1.165, 1.54) is 0 Å². The summed E-state index contributed by atoms with van der Waals surface area (Å²) in [5, 5.41) is 3.46. The van der Waals surface area contributed by atoms with Crippen molar-refractivity contribution in [1.82, 2.24) is 19.8 Å². The normalized spacial score (nSPS) is 17.8. The van der Waals surface area contributed by atoms with Crippen LogP contribution in [0.5, 0.6) is 11.5 Å². The molecule has 1 aromatic carbocycles. The maximum atomic E-state index is 5.97. The average Bonchev–Trinajstić information content (AvgIpc) is 3.03. The van der Waals surface area contributed by atoms with Crippen LogP contribution in [0, 0.1) is 0 Å². The van der Waals surface area contributed by atoms with Gasteiger partial charge in [-0.1, -0.05) is 12.1 Å². The summed E-state index contributed by atoms with van der Waals surface area (Å²) in [6.07, 6.45) is 3.86. The number of hydrogen-bond donors (Lipinski definition) is 1. The van der Waals surface area contributed by atoms with E-state index in [4.69, 9.17) is 9.47 Å². The number of aromatic nitrogens is 2. The van der Waals surface area contributed by atoms with E-state index in [1.807, 2.05) is 50.6 Å². The number of hydrogen-bond acceptors (Lipinski definition) is 5.